The SMILES string of the molecule is Cc1ccc2nc(C)cc(C(=O)ON3C(=O)CCC3=O)c2c1. The van der Waals surface area contributed by atoms with E-state index in [4.69, 9.17) is 4.84 Å². The third-order valence-electron chi connectivity index (χ3n) is 3.49. The molecule has 1 saturated heterocycles. The van der Waals surface area contributed by atoms with Gasteiger partial charge in [-0.15, -0.1) is 5.06 Å². The summed E-state index contributed by atoms with van der Waals surface area (Å²) in [4.78, 5) is 44.8. The quantitative estimate of drug-likeness (QED) is 0.793. The summed E-state index contributed by atoms with van der Waals surface area (Å²) in [6.07, 6.45) is 0.142. The van der Waals surface area contributed by atoms with E-state index in [-0.39, 0.29) is 12.8 Å². The van der Waals surface area contributed by atoms with Crippen molar-refractivity contribution >= 4 is 28.7 Å². The van der Waals surface area contributed by atoms with Crippen LogP contribution in [0.4, 0.5) is 0 Å². The number of amides is 2. The second-order valence-corrected chi connectivity index (χ2v) is 5.29. The van der Waals surface area contributed by atoms with Crippen molar-refractivity contribution in [1.82, 2.24) is 10.0 Å². The fourth-order valence-electron chi connectivity index (χ4n) is 2.43. The average molecular weight is 298 g/mol. The van der Waals surface area contributed by atoms with Gasteiger partial charge in [-0.05, 0) is 32.0 Å². The number of carbonyl (C=O) groups is 3. The van der Waals surface area contributed by atoms with Crippen molar-refractivity contribution in [1.29, 1.82) is 0 Å². The van der Waals surface area contributed by atoms with Gasteiger partial charge in [-0.1, -0.05) is 11.6 Å². The summed E-state index contributed by atoms with van der Waals surface area (Å²) >= 11 is 0. The molecule has 1 fully saturated rings. The van der Waals surface area contributed by atoms with Crippen LogP contribution in [0, 0.1) is 13.8 Å². The maximum atomic E-state index is 12.4. The number of hydrogen-bond acceptors (Lipinski definition) is 5. The van der Waals surface area contributed by atoms with E-state index in [1.54, 1.807) is 13.0 Å². The summed E-state index contributed by atoms with van der Waals surface area (Å²) in [7, 11) is 0. The fourth-order valence-corrected chi connectivity index (χ4v) is 2.43. The topological polar surface area (TPSA) is 76.6 Å². The molecule has 112 valence electrons. The molecule has 2 heterocycles. The van der Waals surface area contributed by atoms with Crippen LogP contribution in [0.25, 0.3) is 10.9 Å². The largest absolute Gasteiger partial charge is 0.364 e. The van der Waals surface area contributed by atoms with E-state index in [0.29, 0.717) is 27.2 Å². The Kier molecular flexibility index (Phi) is 3.36. The maximum absolute atomic E-state index is 12.4. The molecule has 0 bridgehead atoms. The van der Waals surface area contributed by atoms with Gasteiger partial charge in [-0.25, -0.2) is 4.79 Å². The molecule has 1 aromatic carbocycles. The monoisotopic (exact) mass is 298 g/mol. The van der Waals surface area contributed by atoms with Gasteiger partial charge in [0, 0.05) is 23.9 Å². The second-order valence-electron chi connectivity index (χ2n) is 5.29. The van der Waals surface area contributed by atoms with Gasteiger partial charge in [0.05, 0.1) is 11.1 Å². The second kappa shape index (κ2) is 5.22. The van der Waals surface area contributed by atoms with Crippen molar-refractivity contribution < 1.29 is 19.2 Å². The van der Waals surface area contributed by atoms with Gasteiger partial charge in [-0.3, -0.25) is 14.6 Å². The Bertz CT molecular complexity index is 797. The van der Waals surface area contributed by atoms with Gasteiger partial charge in [0.1, 0.15) is 0 Å². The van der Waals surface area contributed by atoms with E-state index in [1.807, 2.05) is 25.1 Å². The highest BCUT2D eigenvalue weighted by atomic mass is 16.7. The molecule has 1 aliphatic rings. The number of carbonyl (C=O) groups excluding carboxylic acids is 3. The molecule has 1 aliphatic heterocycles. The van der Waals surface area contributed by atoms with Crippen LogP contribution in [0.1, 0.15) is 34.5 Å². The summed E-state index contributed by atoms with van der Waals surface area (Å²) < 4.78 is 0. The van der Waals surface area contributed by atoms with E-state index in [0.717, 1.165) is 5.56 Å². The Morgan fingerprint density at radius 3 is 2.50 bits per heavy atom. The van der Waals surface area contributed by atoms with Crippen LogP contribution in [-0.4, -0.2) is 27.8 Å². The molecule has 1 aromatic heterocycles. The highest BCUT2D eigenvalue weighted by molar-refractivity contribution is 6.06. The molecular weight excluding hydrogens is 284 g/mol. The Labute approximate surface area is 126 Å². The first-order valence-corrected chi connectivity index (χ1v) is 6.92. The highest BCUT2D eigenvalue weighted by Crippen LogP contribution is 2.22. The number of hydrogen-bond donors (Lipinski definition) is 0. The number of imide groups is 1. The predicted octanol–water partition coefficient (Wildman–Crippen LogP) is 2.07. The van der Waals surface area contributed by atoms with E-state index < -0.39 is 17.8 Å². The molecule has 0 spiro atoms. The molecule has 0 N–H and O–H groups in total. The molecule has 0 atom stereocenters. The summed E-state index contributed by atoms with van der Waals surface area (Å²) in [5, 5.41) is 1.19. The number of pyridine rings is 1. The van der Waals surface area contributed by atoms with Crippen molar-refractivity contribution in [3.05, 3.63) is 41.1 Å². The first-order chi connectivity index (χ1) is 10.5. The number of aromatic nitrogens is 1. The Morgan fingerprint density at radius 1 is 1.14 bits per heavy atom. The lowest BCUT2D eigenvalue weighted by Gasteiger charge is -2.14. The summed E-state index contributed by atoms with van der Waals surface area (Å²) in [5.74, 6) is -1.72. The number of benzene rings is 1. The Morgan fingerprint density at radius 2 is 1.82 bits per heavy atom. The smallest absolute Gasteiger partial charge is 0.325 e. The average Bonchev–Trinajstić information content (AvgIpc) is 2.78. The van der Waals surface area contributed by atoms with Crippen molar-refractivity contribution in [2.75, 3.05) is 0 Å². The van der Waals surface area contributed by atoms with Gasteiger partial charge in [0.2, 0.25) is 0 Å². The zero-order chi connectivity index (χ0) is 15.9. The minimum atomic E-state index is -0.732. The predicted molar refractivity (Wildman–Crippen MR) is 77.7 cm³/mol. The van der Waals surface area contributed by atoms with Crippen LogP contribution < -0.4 is 0 Å². The molecule has 22 heavy (non-hydrogen) atoms. The lowest BCUT2D eigenvalue weighted by atomic mass is 10.1. The van der Waals surface area contributed by atoms with Crippen molar-refractivity contribution in [2.24, 2.45) is 0 Å². The summed E-state index contributed by atoms with van der Waals surface area (Å²) in [5.41, 5.74) is 2.58. The molecule has 0 radical (unpaired) electrons. The molecule has 0 unspecified atom stereocenters. The summed E-state index contributed by atoms with van der Waals surface area (Å²) in [6, 6.07) is 7.14. The Hall–Kier alpha value is -2.76. The molecule has 6 heteroatoms. The van der Waals surface area contributed by atoms with Crippen LogP contribution in [0.15, 0.2) is 24.3 Å². The van der Waals surface area contributed by atoms with E-state index in [1.165, 1.54) is 0 Å². The highest BCUT2D eigenvalue weighted by Gasteiger charge is 2.33. The standard InChI is InChI=1S/C16H14N2O4/c1-9-3-4-13-11(7-9)12(8-10(2)17-13)16(21)22-18-14(19)5-6-15(18)20/h3-4,7-8H,5-6H2,1-2H3. The minimum Gasteiger partial charge on any atom is -0.325 e. The van der Waals surface area contributed by atoms with E-state index >= 15 is 0 Å². The fraction of sp³-hybridized carbons (Fsp3) is 0.250. The van der Waals surface area contributed by atoms with Crippen LogP contribution in [0.3, 0.4) is 0 Å². The zero-order valence-corrected chi connectivity index (χ0v) is 12.3. The number of hydroxylamine groups is 2. The molecule has 3 rings (SSSR count). The third-order valence-corrected chi connectivity index (χ3v) is 3.49. The van der Waals surface area contributed by atoms with Crippen LogP contribution >= 0.6 is 0 Å². The first-order valence-electron chi connectivity index (χ1n) is 6.92. The molecule has 2 aromatic rings. The van der Waals surface area contributed by atoms with Gasteiger partial charge in [0.15, 0.2) is 0 Å². The minimum absolute atomic E-state index is 0.0708. The van der Waals surface area contributed by atoms with E-state index in [2.05, 4.69) is 4.98 Å². The number of nitrogens with zero attached hydrogens (tertiary/aromatic N) is 2. The van der Waals surface area contributed by atoms with Gasteiger partial charge in [-0.2, -0.15) is 0 Å². The van der Waals surface area contributed by atoms with Gasteiger partial charge in [0.25, 0.3) is 11.8 Å². The zero-order valence-electron chi connectivity index (χ0n) is 12.3. The molecule has 6 nitrogen and oxygen atoms in total. The van der Waals surface area contributed by atoms with Crippen molar-refractivity contribution in [3.63, 3.8) is 0 Å². The molecular formula is C16H14N2O4. The van der Waals surface area contributed by atoms with Crippen molar-refractivity contribution in [2.45, 2.75) is 26.7 Å². The molecule has 2 amide bonds. The number of aryl methyl sites for hydroxylation is 2. The first kappa shape index (κ1) is 14.2. The van der Waals surface area contributed by atoms with Crippen LogP contribution in [0.5, 0.6) is 0 Å². The summed E-state index contributed by atoms with van der Waals surface area (Å²) in [6.45, 7) is 3.67. The number of fused-ring (bicyclic) bond motifs is 1. The van der Waals surface area contributed by atoms with Crippen LogP contribution in [-0.2, 0) is 14.4 Å². The molecule has 0 saturated carbocycles. The lowest BCUT2D eigenvalue weighted by molar-refractivity contribution is -0.172. The maximum Gasteiger partial charge on any atom is 0.364 e. The van der Waals surface area contributed by atoms with Crippen molar-refractivity contribution in [3.8, 4) is 0 Å². The van der Waals surface area contributed by atoms with Gasteiger partial charge < -0.3 is 4.84 Å². The Balaban J connectivity index is 2.01. The third kappa shape index (κ3) is 2.43. The van der Waals surface area contributed by atoms with Crippen LogP contribution in [0.2, 0.25) is 0 Å². The lowest BCUT2D eigenvalue weighted by Crippen LogP contribution is -2.32. The van der Waals surface area contributed by atoms with E-state index in [9.17, 15) is 14.4 Å². The molecule has 0 aliphatic carbocycles. The number of rotatable bonds is 2. The van der Waals surface area contributed by atoms with Gasteiger partial charge >= 0.3 is 5.97 Å². The normalized spacial score (nSPS) is 14.7.